The first kappa shape index (κ1) is 18.6. The Morgan fingerprint density at radius 2 is 2.04 bits per heavy atom. The Balaban J connectivity index is 1.49. The normalized spacial score (nSPS) is 16.5. The molecule has 28 heavy (non-hydrogen) atoms. The van der Waals surface area contributed by atoms with Crippen molar-refractivity contribution in [3.63, 3.8) is 0 Å². The topological polar surface area (TPSA) is 72.5 Å². The molecule has 0 saturated carbocycles. The van der Waals surface area contributed by atoms with Gasteiger partial charge in [0.05, 0.1) is 19.3 Å². The molecule has 0 spiro atoms. The SMILES string of the molecule is COc1ccc2c(c1)cc(C(=O)N1CCC(O)(Cn3ccnc3C)CC1)n2C. The van der Waals surface area contributed by atoms with Crippen LogP contribution >= 0.6 is 0 Å². The number of aryl methyl sites for hydroxylation is 2. The van der Waals surface area contributed by atoms with Crippen LogP contribution in [0.2, 0.25) is 0 Å². The Morgan fingerprint density at radius 3 is 2.68 bits per heavy atom. The summed E-state index contributed by atoms with van der Waals surface area (Å²) in [6.45, 7) is 3.51. The molecule has 1 N–H and O–H groups in total. The zero-order chi connectivity index (χ0) is 19.9. The number of carbonyl (C=O) groups is 1. The van der Waals surface area contributed by atoms with Crippen molar-refractivity contribution in [2.24, 2.45) is 7.05 Å². The van der Waals surface area contributed by atoms with Gasteiger partial charge in [0.2, 0.25) is 0 Å². The molecule has 7 heteroatoms. The van der Waals surface area contributed by atoms with E-state index in [0.29, 0.717) is 38.2 Å². The molecule has 148 valence electrons. The largest absolute Gasteiger partial charge is 0.497 e. The number of rotatable bonds is 4. The number of fused-ring (bicyclic) bond motifs is 1. The van der Waals surface area contributed by atoms with Crippen LogP contribution < -0.4 is 4.74 Å². The zero-order valence-corrected chi connectivity index (χ0v) is 16.6. The van der Waals surface area contributed by atoms with Crippen molar-refractivity contribution >= 4 is 16.8 Å². The van der Waals surface area contributed by atoms with E-state index in [2.05, 4.69) is 4.98 Å². The summed E-state index contributed by atoms with van der Waals surface area (Å²) in [5.74, 6) is 1.66. The number of benzene rings is 1. The van der Waals surface area contributed by atoms with Crippen molar-refractivity contribution in [2.45, 2.75) is 31.9 Å². The van der Waals surface area contributed by atoms with E-state index < -0.39 is 5.60 Å². The summed E-state index contributed by atoms with van der Waals surface area (Å²) in [5.41, 5.74) is 0.835. The fourth-order valence-corrected chi connectivity index (χ4v) is 3.99. The van der Waals surface area contributed by atoms with Gasteiger partial charge in [-0.3, -0.25) is 4.79 Å². The lowest BCUT2D eigenvalue weighted by atomic mass is 9.91. The molecule has 0 bridgehead atoms. The van der Waals surface area contributed by atoms with Crippen molar-refractivity contribution < 1.29 is 14.6 Å². The molecule has 0 radical (unpaired) electrons. The lowest BCUT2D eigenvalue weighted by molar-refractivity contribution is -0.0297. The predicted octanol–water partition coefficient (Wildman–Crippen LogP) is 2.36. The number of aliphatic hydroxyl groups is 1. The van der Waals surface area contributed by atoms with Crippen LogP contribution in [-0.2, 0) is 13.6 Å². The smallest absolute Gasteiger partial charge is 0.270 e. The van der Waals surface area contributed by atoms with E-state index in [1.807, 2.05) is 58.5 Å². The number of ether oxygens (including phenoxy) is 1. The fourth-order valence-electron chi connectivity index (χ4n) is 3.99. The Hall–Kier alpha value is -2.80. The van der Waals surface area contributed by atoms with Gasteiger partial charge in [-0.25, -0.2) is 4.98 Å². The molecule has 1 aliphatic heterocycles. The van der Waals surface area contributed by atoms with Crippen LogP contribution in [0.1, 0.15) is 29.2 Å². The molecular weight excluding hydrogens is 356 g/mol. The molecule has 0 aliphatic carbocycles. The zero-order valence-electron chi connectivity index (χ0n) is 16.6. The highest BCUT2D eigenvalue weighted by atomic mass is 16.5. The Morgan fingerprint density at radius 1 is 1.29 bits per heavy atom. The van der Waals surface area contributed by atoms with Crippen molar-refractivity contribution in [2.75, 3.05) is 20.2 Å². The molecule has 7 nitrogen and oxygen atoms in total. The quantitative estimate of drug-likeness (QED) is 0.752. The van der Waals surface area contributed by atoms with Gasteiger partial charge in [-0.05, 0) is 44.0 Å². The van der Waals surface area contributed by atoms with Crippen LogP contribution in [-0.4, -0.2) is 55.8 Å². The first-order valence-electron chi connectivity index (χ1n) is 9.53. The van der Waals surface area contributed by atoms with Gasteiger partial charge < -0.3 is 23.9 Å². The van der Waals surface area contributed by atoms with Crippen molar-refractivity contribution in [3.05, 3.63) is 48.2 Å². The lowest BCUT2D eigenvalue weighted by Crippen LogP contribution is -2.49. The average molecular weight is 382 g/mol. The number of aromatic nitrogens is 3. The third kappa shape index (κ3) is 3.26. The monoisotopic (exact) mass is 382 g/mol. The second kappa shape index (κ2) is 6.98. The Bertz CT molecular complexity index is 1010. The summed E-state index contributed by atoms with van der Waals surface area (Å²) in [5, 5.41) is 11.9. The molecule has 1 fully saturated rings. The Kier molecular flexibility index (Phi) is 4.63. The maximum Gasteiger partial charge on any atom is 0.270 e. The predicted molar refractivity (Wildman–Crippen MR) is 107 cm³/mol. The van der Waals surface area contributed by atoms with Gasteiger partial charge in [0.1, 0.15) is 17.3 Å². The van der Waals surface area contributed by atoms with Gasteiger partial charge in [-0.15, -0.1) is 0 Å². The van der Waals surface area contributed by atoms with Gasteiger partial charge in [0.25, 0.3) is 5.91 Å². The molecule has 1 aliphatic rings. The van der Waals surface area contributed by atoms with Gasteiger partial charge >= 0.3 is 0 Å². The third-order valence-electron chi connectivity index (χ3n) is 5.84. The van der Waals surface area contributed by atoms with Gasteiger partial charge in [0, 0.05) is 43.4 Å². The summed E-state index contributed by atoms with van der Waals surface area (Å²) < 4.78 is 9.17. The van der Waals surface area contributed by atoms with E-state index in [1.165, 1.54) is 0 Å². The molecule has 1 amide bonds. The van der Waals surface area contributed by atoms with E-state index in [4.69, 9.17) is 4.74 Å². The number of amides is 1. The molecule has 3 aromatic rings. The van der Waals surface area contributed by atoms with E-state index in [9.17, 15) is 9.90 Å². The highest BCUT2D eigenvalue weighted by Gasteiger charge is 2.35. The van der Waals surface area contributed by atoms with Crippen LogP contribution in [0, 0.1) is 6.92 Å². The highest BCUT2D eigenvalue weighted by Crippen LogP contribution is 2.28. The maximum absolute atomic E-state index is 13.1. The van der Waals surface area contributed by atoms with Crippen LogP contribution in [0.25, 0.3) is 10.9 Å². The molecule has 2 aromatic heterocycles. The van der Waals surface area contributed by atoms with E-state index in [0.717, 1.165) is 22.5 Å². The minimum absolute atomic E-state index is 0.00136. The number of likely N-dealkylation sites (tertiary alicyclic amines) is 1. The lowest BCUT2D eigenvalue weighted by Gasteiger charge is -2.38. The number of nitrogens with zero attached hydrogens (tertiary/aromatic N) is 4. The van der Waals surface area contributed by atoms with Crippen molar-refractivity contribution in [1.82, 2.24) is 19.0 Å². The highest BCUT2D eigenvalue weighted by molar-refractivity contribution is 5.99. The summed E-state index contributed by atoms with van der Waals surface area (Å²) in [6.07, 6.45) is 4.73. The number of hydrogen-bond acceptors (Lipinski definition) is 4. The second-order valence-corrected chi connectivity index (χ2v) is 7.63. The first-order valence-corrected chi connectivity index (χ1v) is 9.53. The molecule has 0 unspecified atom stereocenters. The standard InChI is InChI=1S/C21H26N4O3/c1-15-22-8-11-25(15)14-21(27)6-9-24(10-7-21)20(26)19-13-16-12-17(28-3)4-5-18(16)23(19)2/h4-5,8,11-13,27H,6-7,9-10,14H2,1-3H3. The van der Waals surface area contributed by atoms with Crippen molar-refractivity contribution in [3.8, 4) is 5.75 Å². The van der Waals surface area contributed by atoms with Crippen LogP contribution in [0.3, 0.4) is 0 Å². The minimum atomic E-state index is -0.811. The molecule has 1 saturated heterocycles. The van der Waals surface area contributed by atoms with Gasteiger partial charge in [-0.1, -0.05) is 0 Å². The van der Waals surface area contributed by atoms with E-state index in [1.54, 1.807) is 13.3 Å². The molecule has 0 atom stereocenters. The summed E-state index contributed by atoms with van der Waals surface area (Å²) in [6, 6.07) is 7.72. The van der Waals surface area contributed by atoms with Crippen molar-refractivity contribution in [1.29, 1.82) is 0 Å². The number of carbonyl (C=O) groups excluding carboxylic acids is 1. The van der Waals surface area contributed by atoms with Gasteiger partial charge in [-0.2, -0.15) is 0 Å². The Labute approximate surface area is 164 Å². The summed E-state index contributed by atoms with van der Waals surface area (Å²) in [7, 11) is 3.54. The van der Waals surface area contributed by atoms with E-state index >= 15 is 0 Å². The molecule has 1 aromatic carbocycles. The molecule has 4 rings (SSSR count). The third-order valence-corrected chi connectivity index (χ3v) is 5.84. The average Bonchev–Trinajstić information content (AvgIpc) is 3.24. The number of imidazole rings is 1. The van der Waals surface area contributed by atoms with Crippen LogP contribution in [0.15, 0.2) is 36.7 Å². The summed E-state index contributed by atoms with van der Waals surface area (Å²) >= 11 is 0. The maximum atomic E-state index is 13.1. The van der Waals surface area contributed by atoms with Crippen LogP contribution in [0.5, 0.6) is 5.75 Å². The number of piperidine rings is 1. The molecule has 3 heterocycles. The fraction of sp³-hybridized carbons (Fsp3) is 0.429. The number of hydrogen-bond donors (Lipinski definition) is 1. The van der Waals surface area contributed by atoms with Gasteiger partial charge in [0.15, 0.2) is 0 Å². The summed E-state index contributed by atoms with van der Waals surface area (Å²) in [4.78, 5) is 19.2. The van der Waals surface area contributed by atoms with Crippen LogP contribution in [0.4, 0.5) is 0 Å². The number of methoxy groups -OCH3 is 1. The first-order chi connectivity index (χ1) is 13.4. The minimum Gasteiger partial charge on any atom is -0.497 e. The molecular formula is C21H26N4O3. The van der Waals surface area contributed by atoms with E-state index in [-0.39, 0.29) is 5.91 Å². The second-order valence-electron chi connectivity index (χ2n) is 7.63.